The summed E-state index contributed by atoms with van der Waals surface area (Å²) in [6.45, 7) is 1.61. The van der Waals surface area contributed by atoms with Crippen LogP contribution in [0.2, 0.25) is 0 Å². The predicted molar refractivity (Wildman–Crippen MR) is 85.9 cm³/mol. The number of hydrogen-bond acceptors (Lipinski definition) is 3. The number of ether oxygens (including phenoxy) is 1. The van der Waals surface area contributed by atoms with Gasteiger partial charge in [0.05, 0.1) is 5.69 Å². The number of ketones is 1. The summed E-state index contributed by atoms with van der Waals surface area (Å²) < 4.78 is 5.32. The SMILES string of the molecule is CC(=O)c1ccc(C=Cc2ccc3c(c2)NC(=O)CO3)cc1. The summed E-state index contributed by atoms with van der Waals surface area (Å²) in [5.74, 6) is 0.594. The highest BCUT2D eigenvalue weighted by molar-refractivity contribution is 5.96. The molecule has 2 aromatic carbocycles. The molecule has 0 fully saturated rings. The van der Waals surface area contributed by atoms with E-state index in [9.17, 15) is 9.59 Å². The molecular formula is C18H15NO3. The Balaban J connectivity index is 1.79. The number of Topliss-reactive ketones (excluding diaryl/α,β-unsaturated/α-hetero) is 1. The van der Waals surface area contributed by atoms with Gasteiger partial charge in [-0.3, -0.25) is 9.59 Å². The second kappa shape index (κ2) is 5.85. The van der Waals surface area contributed by atoms with Crippen LogP contribution >= 0.6 is 0 Å². The van der Waals surface area contributed by atoms with Gasteiger partial charge in [-0.2, -0.15) is 0 Å². The summed E-state index contributed by atoms with van der Waals surface area (Å²) in [5.41, 5.74) is 3.35. The van der Waals surface area contributed by atoms with Crippen LogP contribution < -0.4 is 10.1 Å². The molecule has 0 aromatic heterocycles. The van der Waals surface area contributed by atoms with Crippen LogP contribution in [0.5, 0.6) is 5.75 Å². The summed E-state index contributed by atoms with van der Waals surface area (Å²) in [6, 6.07) is 13.1. The minimum atomic E-state index is -0.145. The number of carbonyl (C=O) groups excluding carboxylic acids is 2. The van der Waals surface area contributed by atoms with Gasteiger partial charge in [0.15, 0.2) is 12.4 Å². The fourth-order valence-corrected chi connectivity index (χ4v) is 2.23. The molecule has 1 N–H and O–H groups in total. The number of carbonyl (C=O) groups is 2. The summed E-state index contributed by atoms with van der Waals surface area (Å²) in [6.07, 6.45) is 3.90. The molecular weight excluding hydrogens is 278 g/mol. The Morgan fingerprint density at radius 2 is 1.77 bits per heavy atom. The Morgan fingerprint density at radius 3 is 2.50 bits per heavy atom. The molecule has 0 bridgehead atoms. The first kappa shape index (κ1) is 14.1. The third kappa shape index (κ3) is 3.06. The zero-order chi connectivity index (χ0) is 15.5. The normalized spacial score (nSPS) is 13.4. The minimum absolute atomic E-state index is 0.0564. The van der Waals surface area contributed by atoms with Crippen LogP contribution in [0.25, 0.3) is 12.2 Å². The number of nitrogens with one attached hydrogen (secondary N) is 1. The van der Waals surface area contributed by atoms with Crippen molar-refractivity contribution >= 4 is 29.5 Å². The maximum absolute atomic E-state index is 11.3. The number of anilines is 1. The third-order valence-corrected chi connectivity index (χ3v) is 3.42. The molecule has 0 radical (unpaired) electrons. The highest BCUT2D eigenvalue weighted by Gasteiger charge is 2.15. The highest BCUT2D eigenvalue weighted by Crippen LogP contribution is 2.29. The number of hydrogen-bond donors (Lipinski definition) is 1. The van der Waals surface area contributed by atoms with E-state index < -0.39 is 0 Å². The fourth-order valence-electron chi connectivity index (χ4n) is 2.23. The molecule has 0 unspecified atom stereocenters. The molecule has 4 heteroatoms. The lowest BCUT2D eigenvalue weighted by Gasteiger charge is -2.17. The monoisotopic (exact) mass is 293 g/mol. The second-order valence-corrected chi connectivity index (χ2v) is 5.10. The molecule has 0 atom stereocenters. The van der Waals surface area contributed by atoms with Crippen molar-refractivity contribution in [3.63, 3.8) is 0 Å². The van der Waals surface area contributed by atoms with E-state index in [1.807, 2.05) is 54.6 Å². The zero-order valence-corrected chi connectivity index (χ0v) is 12.1. The van der Waals surface area contributed by atoms with Crippen LogP contribution in [0, 0.1) is 0 Å². The zero-order valence-electron chi connectivity index (χ0n) is 12.1. The van der Waals surface area contributed by atoms with Crippen molar-refractivity contribution in [3.8, 4) is 5.75 Å². The second-order valence-electron chi connectivity index (χ2n) is 5.10. The van der Waals surface area contributed by atoms with E-state index in [4.69, 9.17) is 4.74 Å². The van der Waals surface area contributed by atoms with Gasteiger partial charge < -0.3 is 10.1 Å². The number of fused-ring (bicyclic) bond motifs is 1. The fraction of sp³-hybridized carbons (Fsp3) is 0.111. The molecule has 0 saturated heterocycles. The van der Waals surface area contributed by atoms with Gasteiger partial charge in [0.2, 0.25) is 0 Å². The standard InChI is InChI=1S/C18H15NO3/c1-12(20)15-7-4-13(5-8-15)2-3-14-6-9-17-16(10-14)19-18(21)11-22-17/h2-10H,11H2,1H3,(H,19,21). The first-order valence-corrected chi connectivity index (χ1v) is 6.97. The first-order valence-electron chi connectivity index (χ1n) is 6.97. The van der Waals surface area contributed by atoms with Crippen LogP contribution in [0.3, 0.4) is 0 Å². The van der Waals surface area contributed by atoms with Gasteiger partial charge in [-0.15, -0.1) is 0 Å². The summed E-state index contributed by atoms with van der Waals surface area (Å²) in [4.78, 5) is 22.6. The Bertz CT molecular complexity index is 760. The summed E-state index contributed by atoms with van der Waals surface area (Å²) in [5, 5.41) is 2.78. The topological polar surface area (TPSA) is 55.4 Å². The van der Waals surface area contributed by atoms with E-state index in [-0.39, 0.29) is 18.3 Å². The van der Waals surface area contributed by atoms with Gasteiger partial charge in [0.25, 0.3) is 5.91 Å². The average Bonchev–Trinajstić information content (AvgIpc) is 2.53. The molecule has 1 aliphatic rings. The third-order valence-electron chi connectivity index (χ3n) is 3.42. The van der Waals surface area contributed by atoms with Crippen molar-refractivity contribution in [2.24, 2.45) is 0 Å². The highest BCUT2D eigenvalue weighted by atomic mass is 16.5. The van der Waals surface area contributed by atoms with Gasteiger partial charge >= 0.3 is 0 Å². The lowest BCUT2D eigenvalue weighted by atomic mass is 10.1. The maximum atomic E-state index is 11.3. The molecule has 4 nitrogen and oxygen atoms in total. The van der Waals surface area contributed by atoms with Crippen LogP contribution in [-0.2, 0) is 4.79 Å². The first-order chi connectivity index (χ1) is 10.6. The smallest absolute Gasteiger partial charge is 0.262 e. The van der Waals surface area contributed by atoms with Gasteiger partial charge in [-0.05, 0) is 30.2 Å². The van der Waals surface area contributed by atoms with Crippen LogP contribution in [0.4, 0.5) is 5.69 Å². The van der Waals surface area contributed by atoms with Crippen molar-refractivity contribution in [1.29, 1.82) is 0 Å². The number of benzene rings is 2. The van der Waals surface area contributed by atoms with Crippen molar-refractivity contribution in [3.05, 3.63) is 59.2 Å². The van der Waals surface area contributed by atoms with Crippen LogP contribution in [0.15, 0.2) is 42.5 Å². The number of amides is 1. The van der Waals surface area contributed by atoms with Crippen molar-refractivity contribution in [2.75, 3.05) is 11.9 Å². The Kier molecular flexibility index (Phi) is 3.74. The van der Waals surface area contributed by atoms with Gasteiger partial charge in [-0.25, -0.2) is 0 Å². The molecule has 0 aliphatic carbocycles. The minimum Gasteiger partial charge on any atom is -0.482 e. The maximum Gasteiger partial charge on any atom is 0.262 e. The van der Waals surface area contributed by atoms with Crippen molar-refractivity contribution < 1.29 is 14.3 Å². The van der Waals surface area contributed by atoms with E-state index in [0.717, 1.165) is 11.1 Å². The Morgan fingerprint density at radius 1 is 1.09 bits per heavy atom. The predicted octanol–water partition coefficient (Wildman–Crippen LogP) is 3.39. The molecule has 1 heterocycles. The van der Waals surface area contributed by atoms with Crippen LogP contribution in [0.1, 0.15) is 28.4 Å². The Hall–Kier alpha value is -2.88. The van der Waals surface area contributed by atoms with E-state index in [2.05, 4.69) is 5.32 Å². The lowest BCUT2D eigenvalue weighted by molar-refractivity contribution is -0.118. The van der Waals surface area contributed by atoms with E-state index in [0.29, 0.717) is 17.0 Å². The van der Waals surface area contributed by atoms with Crippen molar-refractivity contribution in [2.45, 2.75) is 6.92 Å². The molecule has 1 amide bonds. The van der Waals surface area contributed by atoms with E-state index >= 15 is 0 Å². The van der Waals surface area contributed by atoms with Gasteiger partial charge in [0.1, 0.15) is 5.75 Å². The molecule has 110 valence electrons. The Labute approximate surface area is 128 Å². The quantitative estimate of drug-likeness (QED) is 0.697. The molecule has 3 rings (SSSR count). The van der Waals surface area contributed by atoms with Gasteiger partial charge in [0, 0.05) is 5.56 Å². The molecule has 0 spiro atoms. The average molecular weight is 293 g/mol. The number of rotatable bonds is 3. The van der Waals surface area contributed by atoms with Crippen LogP contribution in [-0.4, -0.2) is 18.3 Å². The van der Waals surface area contributed by atoms with E-state index in [1.165, 1.54) is 0 Å². The van der Waals surface area contributed by atoms with E-state index in [1.54, 1.807) is 6.92 Å². The largest absolute Gasteiger partial charge is 0.482 e. The lowest BCUT2D eigenvalue weighted by Crippen LogP contribution is -2.25. The molecule has 22 heavy (non-hydrogen) atoms. The summed E-state index contributed by atoms with van der Waals surface area (Å²) in [7, 11) is 0. The summed E-state index contributed by atoms with van der Waals surface area (Å²) >= 11 is 0. The van der Waals surface area contributed by atoms with Gasteiger partial charge in [-0.1, -0.05) is 42.5 Å². The molecule has 2 aromatic rings. The van der Waals surface area contributed by atoms with Crippen molar-refractivity contribution in [1.82, 2.24) is 0 Å². The molecule has 0 saturated carbocycles. The molecule has 1 aliphatic heterocycles.